The van der Waals surface area contributed by atoms with E-state index in [2.05, 4.69) is 5.32 Å². The molecular formula is C10H16ClNO. The molecule has 0 aliphatic rings. The fraction of sp³-hybridized carbons (Fsp3) is 0.400. The van der Waals surface area contributed by atoms with Crippen molar-refractivity contribution in [3.63, 3.8) is 0 Å². The number of halogens is 1. The smallest absolute Gasteiger partial charge is 0.0940 e. The van der Waals surface area contributed by atoms with Crippen LogP contribution in [0.3, 0.4) is 0 Å². The van der Waals surface area contributed by atoms with Gasteiger partial charge in [0.1, 0.15) is 0 Å². The van der Waals surface area contributed by atoms with Gasteiger partial charge in [-0.25, -0.2) is 0 Å². The monoisotopic (exact) mass is 201 g/mol. The van der Waals surface area contributed by atoms with Crippen molar-refractivity contribution in [1.82, 2.24) is 5.32 Å². The Bertz CT molecular complexity index is 228. The summed E-state index contributed by atoms with van der Waals surface area (Å²) in [4.78, 5) is 0. The van der Waals surface area contributed by atoms with Gasteiger partial charge in [-0.3, -0.25) is 0 Å². The van der Waals surface area contributed by atoms with Crippen LogP contribution in [0.15, 0.2) is 30.3 Å². The molecule has 0 fully saturated rings. The molecule has 0 saturated carbocycles. The first-order valence-corrected chi connectivity index (χ1v) is 4.16. The van der Waals surface area contributed by atoms with Crippen LogP contribution < -0.4 is 5.32 Å². The average Bonchev–Trinajstić information content (AvgIpc) is 2.17. The van der Waals surface area contributed by atoms with Crippen LogP contribution in [0.4, 0.5) is 0 Å². The van der Waals surface area contributed by atoms with Crippen LogP contribution in [-0.4, -0.2) is 18.2 Å². The van der Waals surface area contributed by atoms with Crippen LogP contribution in [0.2, 0.25) is 0 Å². The molecule has 0 bridgehead atoms. The molecule has 0 heterocycles. The first-order valence-electron chi connectivity index (χ1n) is 4.16. The van der Waals surface area contributed by atoms with Gasteiger partial charge in [-0.15, -0.1) is 12.4 Å². The summed E-state index contributed by atoms with van der Waals surface area (Å²) in [6, 6.07) is 9.76. The van der Waals surface area contributed by atoms with Gasteiger partial charge in [0, 0.05) is 6.04 Å². The highest BCUT2D eigenvalue weighted by Gasteiger charge is 2.12. The Kier molecular flexibility index (Phi) is 5.71. The van der Waals surface area contributed by atoms with Crippen molar-refractivity contribution < 1.29 is 5.11 Å². The maximum atomic E-state index is 9.73. The van der Waals surface area contributed by atoms with E-state index in [4.69, 9.17) is 0 Å². The predicted octanol–water partition coefficient (Wildman–Crippen LogP) is 1.75. The largest absolute Gasteiger partial charge is 0.387 e. The molecule has 2 nitrogen and oxygen atoms in total. The van der Waals surface area contributed by atoms with Crippen molar-refractivity contribution in [2.45, 2.75) is 19.1 Å². The van der Waals surface area contributed by atoms with Crippen LogP contribution >= 0.6 is 12.4 Å². The average molecular weight is 202 g/mol. The molecule has 0 radical (unpaired) electrons. The van der Waals surface area contributed by atoms with E-state index < -0.39 is 6.10 Å². The van der Waals surface area contributed by atoms with Gasteiger partial charge in [0.05, 0.1) is 6.10 Å². The lowest BCUT2D eigenvalue weighted by molar-refractivity contribution is 0.140. The van der Waals surface area contributed by atoms with Crippen molar-refractivity contribution >= 4 is 12.4 Å². The lowest BCUT2D eigenvalue weighted by Gasteiger charge is -2.17. The quantitative estimate of drug-likeness (QED) is 0.781. The van der Waals surface area contributed by atoms with Crippen molar-refractivity contribution in [2.24, 2.45) is 0 Å². The molecule has 0 aliphatic carbocycles. The van der Waals surface area contributed by atoms with Crippen LogP contribution in [0.1, 0.15) is 18.6 Å². The zero-order valence-corrected chi connectivity index (χ0v) is 8.71. The summed E-state index contributed by atoms with van der Waals surface area (Å²) in [6.07, 6.45) is -0.420. The molecule has 3 heteroatoms. The molecule has 1 rings (SSSR count). The number of aliphatic hydroxyl groups excluding tert-OH is 1. The summed E-state index contributed by atoms with van der Waals surface area (Å²) < 4.78 is 0. The highest BCUT2D eigenvalue weighted by molar-refractivity contribution is 5.85. The number of hydrogen-bond acceptors (Lipinski definition) is 2. The topological polar surface area (TPSA) is 32.3 Å². The summed E-state index contributed by atoms with van der Waals surface area (Å²) in [5, 5.41) is 12.7. The highest BCUT2D eigenvalue weighted by atomic mass is 35.5. The van der Waals surface area contributed by atoms with Crippen molar-refractivity contribution in [2.75, 3.05) is 7.05 Å². The second-order valence-electron chi connectivity index (χ2n) is 2.93. The van der Waals surface area contributed by atoms with Crippen molar-refractivity contribution in [3.05, 3.63) is 35.9 Å². The second kappa shape index (κ2) is 5.97. The summed E-state index contributed by atoms with van der Waals surface area (Å²) >= 11 is 0. The van der Waals surface area contributed by atoms with Gasteiger partial charge in [0.15, 0.2) is 0 Å². The van der Waals surface area contributed by atoms with Crippen LogP contribution in [0.5, 0.6) is 0 Å². The third-order valence-electron chi connectivity index (χ3n) is 2.07. The number of likely N-dealkylation sites (N-methyl/N-ethyl adjacent to an activating group) is 1. The van der Waals surface area contributed by atoms with Crippen LogP contribution in [0.25, 0.3) is 0 Å². The van der Waals surface area contributed by atoms with Gasteiger partial charge >= 0.3 is 0 Å². The lowest BCUT2D eigenvalue weighted by atomic mass is 10.0. The van der Waals surface area contributed by atoms with Gasteiger partial charge in [0.2, 0.25) is 0 Å². The van der Waals surface area contributed by atoms with Gasteiger partial charge in [0.25, 0.3) is 0 Å². The molecule has 2 N–H and O–H groups in total. The van der Waals surface area contributed by atoms with E-state index in [1.165, 1.54) is 0 Å². The number of aliphatic hydroxyl groups is 1. The van der Waals surface area contributed by atoms with Gasteiger partial charge in [-0.05, 0) is 19.5 Å². The van der Waals surface area contributed by atoms with E-state index in [0.717, 1.165) is 5.56 Å². The molecule has 1 aromatic carbocycles. The summed E-state index contributed by atoms with van der Waals surface area (Å²) in [7, 11) is 1.84. The van der Waals surface area contributed by atoms with E-state index in [9.17, 15) is 5.11 Å². The minimum Gasteiger partial charge on any atom is -0.387 e. The number of rotatable bonds is 3. The van der Waals surface area contributed by atoms with Gasteiger partial charge in [-0.1, -0.05) is 30.3 Å². The number of hydrogen-bond donors (Lipinski definition) is 2. The summed E-state index contributed by atoms with van der Waals surface area (Å²) in [5.74, 6) is 0. The Morgan fingerprint density at radius 3 is 2.23 bits per heavy atom. The van der Waals surface area contributed by atoms with Crippen molar-refractivity contribution in [1.29, 1.82) is 0 Å². The summed E-state index contributed by atoms with van der Waals surface area (Å²) in [5.41, 5.74) is 0.958. The standard InChI is InChI=1S/C10H15NO.ClH/c1-8(11-2)10(12)9-6-4-3-5-7-9;/h3-8,10-12H,1-2H3;1H/t8-,10+;/m1./s1. The third kappa shape index (κ3) is 3.35. The first kappa shape index (κ1) is 12.4. The molecule has 2 atom stereocenters. The maximum absolute atomic E-state index is 9.73. The molecule has 13 heavy (non-hydrogen) atoms. The van der Waals surface area contributed by atoms with E-state index in [0.29, 0.717) is 0 Å². The van der Waals surface area contributed by atoms with Crippen molar-refractivity contribution in [3.8, 4) is 0 Å². The zero-order valence-electron chi connectivity index (χ0n) is 7.90. The summed E-state index contributed by atoms with van der Waals surface area (Å²) in [6.45, 7) is 1.96. The molecule has 1 aromatic rings. The Balaban J connectivity index is 0.00000144. The Hall–Kier alpha value is -0.570. The molecular weight excluding hydrogens is 186 g/mol. The van der Waals surface area contributed by atoms with Gasteiger partial charge in [-0.2, -0.15) is 0 Å². The van der Waals surface area contributed by atoms with E-state index in [-0.39, 0.29) is 18.4 Å². The zero-order chi connectivity index (χ0) is 8.97. The Morgan fingerprint density at radius 1 is 1.23 bits per heavy atom. The SMILES string of the molecule is CN[C@H](C)[C@H](O)c1ccccc1.Cl. The van der Waals surface area contributed by atoms with Crippen LogP contribution in [0, 0.1) is 0 Å². The molecule has 74 valence electrons. The first-order chi connectivity index (χ1) is 5.75. The second-order valence-corrected chi connectivity index (χ2v) is 2.93. The Morgan fingerprint density at radius 2 is 1.77 bits per heavy atom. The molecule has 0 aromatic heterocycles. The lowest BCUT2D eigenvalue weighted by Crippen LogP contribution is -2.28. The molecule has 0 aliphatic heterocycles. The molecule has 0 amide bonds. The normalized spacial score (nSPS) is 14.4. The number of nitrogens with one attached hydrogen (secondary N) is 1. The fourth-order valence-corrected chi connectivity index (χ4v) is 1.10. The maximum Gasteiger partial charge on any atom is 0.0940 e. The predicted molar refractivity (Wildman–Crippen MR) is 57.2 cm³/mol. The number of benzene rings is 1. The van der Waals surface area contributed by atoms with E-state index in [1.54, 1.807) is 0 Å². The highest BCUT2D eigenvalue weighted by Crippen LogP contribution is 2.15. The minimum absolute atomic E-state index is 0. The van der Waals surface area contributed by atoms with Gasteiger partial charge < -0.3 is 10.4 Å². The van der Waals surface area contributed by atoms with Crippen LogP contribution in [-0.2, 0) is 0 Å². The molecule has 0 spiro atoms. The van der Waals surface area contributed by atoms with E-state index >= 15 is 0 Å². The minimum atomic E-state index is -0.420. The third-order valence-corrected chi connectivity index (χ3v) is 2.07. The fourth-order valence-electron chi connectivity index (χ4n) is 1.10. The molecule has 0 unspecified atom stereocenters. The Labute approximate surface area is 85.4 Å². The molecule has 0 saturated heterocycles. The van der Waals surface area contributed by atoms with E-state index in [1.807, 2.05) is 44.3 Å².